The molecule has 0 N–H and O–H groups in total. The number of nitrogens with zero attached hydrogens (tertiary/aromatic N) is 4. The molecule has 0 aliphatic carbocycles. The minimum atomic E-state index is -0.565. The third kappa shape index (κ3) is 8.63. The van der Waals surface area contributed by atoms with Crippen LogP contribution in [0.2, 0.25) is 0 Å². The average molecular weight is 679 g/mol. The monoisotopic (exact) mass is 678 g/mol. The van der Waals surface area contributed by atoms with Crippen molar-refractivity contribution in [1.82, 2.24) is 0 Å². The number of rotatable bonds is 10. The van der Waals surface area contributed by atoms with Crippen LogP contribution in [-0.4, -0.2) is 11.9 Å². The quantitative estimate of drug-likeness (QED) is 0.0816. The molecule has 0 saturated heterocycles. The molecule has 7 rings (SSSR count). The topological polar surface area (TPSA) is 102 Å². The van der Waals surface area contributed by atoms with Gasteiger partial charge in [-0.15, -0.1) is 0 Å². The molecule has 8 heteroatoms. The molecule has 250 valence electrons. The van der Waals surface area contributed by atoms with Crippen molar-refractivity contribution in [1.29, 1.82) is 0 Å². The van der Waals surface area contributed by atoms with E-state index >= 15 is 0 Å². The second-order valence-corrected chi connectivity index (χ2v) is 11.6. The predicted molar refractivity (Wildman–Crippen MR) is 201 cm³/mol. The Hall–Kier alpha value is -7.32. The highest BCUT2D eigenvalue weighted by Crippen LogP contribution is 2.27. The number of carbonyl (C=O) groups is 2. The molecule has 52 heavy (non-hydrogen) atoms. The maximum atomic E-state index is 12.8. The van der Waals surface area contributed by atoms with Gasteiger partial charge in [0.15, 0.2) is 0 Å². The van der Waals surface area contributed by atoms with Crippen LogP contribution in [0.3, 0.4) is 0 Å². The largest absolute Gasteiger partial charge is 0.423 e. The van der Waals surface area contributed by atoms with Gasteiger partial charge in [-0.25, -0.2) is 9.59 Å². The minimum absolute atomic E-state index is 0.281. The van der Waals surface area contributed by atoms with E-state index in [1.165, 1.54) is 24.3 Å². The van der Waals surface area contributed by atoms with Crippen molar-refractivity contribution in [2.75, 3.05) is 0 Å². The maximum Gasteiger partial charge on any atom is 0.343 e. The van der Waals surface area contributed by atoms with Gasteiger partial charge < -0.3 is 9.47 Å². The summed E-state index contributed by atoms with van der Waals surface area (Å²) in [6, 6.07) is 55.4. The van der Waals surface area contributed by atoms with Gasteiger partial charge in [0, 0.05) is 0 Å². The summed E-state index contributed by atoms with van der Waals surface area (Å²) in [5.74, 6) is -0.429. The van der Waals surface area contributed by atoms with Crippen molar-refractivity contribution in [3.05, 3.63) is 193 Å². The molecule has 0 aromatic heterocycles. The summed E-state index contributed by atoms with van der Waals surface area (Å²) >= 11 is 0. The fourth-order valence-corrected chi connectivity index (χ4v) is 5.17. The molecule has 0 saturated carbocycles. The first-order valence-corrected chi connectivity index (χ1v) is 16.4. The maximum absolute atomic E-state index is 12.8. The Kier molecular flexibility index (Phi) is 10.2. The van der Waals surface area contributed by atoms with E-state index in [0.29, 0.717) is 22.9 Å². The van der Waals surface area contributed by atoms with Gasteiger partial charge in [0.05, 0.1) is 33.9 Å². The number of esters is 2. The zero-order chi connectivity index (χ0) is 35.5. The Labute approximate surface area is 300 Å². The molecule has 0 aliphatic heterocycles. The van der Waals surface area contributed by atoms with Gasteiger partial charge in [-0.3, -0.25) is 0 Å². The van der Waals surface area contributed by atoms with E-state index in [1.54, 1.807) is 48.5 Å². The first-order chi connectivity index (χ1) is 25.6. The Balaban J connectivity index is 0.886. The van der Waals surface area contributed by atoms with Gasteiger partial charge >= 0.3 is 11.9 Å². The van der Waals surface area contributed by atoms with Gasteiger partial charge in [0.1, 0.15) is 11.5 Å². The van der Waals surface area contributed by atoms with E-state index in [2.05, 4.69) is 44.7 Å². The third-order valence-corrected chi connectivity index (χ3v) is 7.96. The van der Waals surface area contributed by atoms with Gasteiger partial charge in [0.25, 0.3) is 0 Å². The van der Waals surface area contributed by atoms with Gasteiger partial charge in [-0.05, 0) is 119 Å². The van der Waals surface area contributed by atoms with Crippen molar-refractivity contribution in [3.8, 4) is 33.8 Å². The summed E-state index contributed by atoms with van der Waals surface area (Å²) in [6.45, 7) is 0. The van der Waals surface area contributed by atoms with E-state index in [-0.39, 0.29) is 11.1 Å². The molecule has 7 aromatic carbocycles. The van der Waals surface area contributed by atoms with E-state index in [0.717, 1.165) is 33.6 Å². The highest BCUT2D eigenvalue weighted by Gasteiger charge is 2.13. The van der Waals surface area contributed by atoms with Crippen LogP contribution in [-0.2, 0) is 0 Å². The molecule has 0 heterocycles. The zero-order valence-electron chi connectivity index (χ0n) is 27.7. The van der Waals surface area contributed by atoms with Gasteiger partial charge in [0.2, 0.25) is 0 Å². The molecule has 0 atom stereocenters. The zero-order valence-corrected chi connectivity index (χ0v) is 27.7. The molecule has 0 unspecified atom stereocenters. The second-order valence-electron chi connectivity index (χ2n) is 11.6. The lowest BCUT2D eigenvalue weighted by atomic mass is 10.1. The molecule has 0 amide bonds. The van der Waals surface area contributed by atoms with Gasteiger partial charge in [-0.1, -0.05) is 84.9 Å². The summed E-state index contributed by atoms with van der Waals surface area (Å²) < 4.78 is 11.0. The molecule has 0 bridgehead atoms. The van der Waals surface area contributed by atoms with Crippen molar-refractivity contribution in [3.63, 3.8) is 0 Å². The minimum Gasteiger partial charge on any atom is -0.423 e. The van der Waals surface area contributed by atoms with E-state index < -0.39 is 11.9 Å². The lowest BCUT2D eigenvalue weighted by Crippen LogP contribution is -2.11. The summed E-state index contributed by atoms with van der Waals surface area (Å²) in [6.07, 6.45) is 0. The van der Waals surface area contributed by atoms with Crippen LogP contribution >= 0.6 is 0 Å². The van der Waals surface area contributed by atoms with Crippen LogP contribution < -0.4 is 9.47 Å². The Morgan fingerprint density at radius 1 is 0.308 bits per heavy atom. The lowest BCUT2D eigenvalue weighted by molar-refractivity contribution is 0.0720. The second kappa shape index (κ2) is 15.9. The van der Waals surface area contributed by atoms with Crippen molar-refractivity contribution >= 4 is 34.7 Å². The Bertz CT molecular complexity index is 2150. The number of azo groups is 2. The van der Waals surface area contributed by atoms with E-state index in [4.69, 9.17) is 9.47 Å². The number of hydrogen-bond acceptors (Lipinski definition) is 8. The van der Waals surface area contributed by atoms with Crippen molar-refractivity contribution < 1.29 is 19.1 Å². The molecular weight excluding hydrogens is 649 g/mol. The molecule has 0 spiro atoms. The Morgan fingerprint density at radius 2 is 0.577 bits per heavy atom. The molecular formula is C44H30N4O4. The number of carbonyl (C=O) groups excluding carboxylic acids is 2. The summed E-state index contributed by atoms with van der Waals surface area (Å²) in [7, 11) is 0. The first-order valence-electron chi connectivity index (χ1n) is 16.4. The lowest BCUT2D eigenvalue weighted by Gasteiger charge is -2.07. The van der Waals surface area contributed by atoms with Crippen LogP contribution in [0.15, 0.2) is 202 Å². The normalized spacial score (nSPS) is 11.1. The average Bonchev–Trinajstić information content (AvgIpc) is 3.21. The van der Waals surface area contributed by atoms with Crippen molar-refractivity contribution in [2.24, 2.45) is 20.5 Å². The summed E-state index contributed by atoms with van der Waals surface area (Å²) in [5, 5.41) is 17.2. The summed E-state index contributed by atoms with van der Waals surface area (Å²) in [5.41, 5.74) is 7.70. The number of ether oxygens (including phenoxy) is 2. The van der Waals surface area contributed by atoms with Crippen LogP contribution in [0, 0.1) is 0 Å². The summed E-state index contributed by atoms with van der Waals surface area (Å²) in [4.78, 5) is 25.5. The molecule has 0 radical (unpaired) electrons. The standard InChI is InChI=1S/C44H30N4O4/c49-43(51-41-27-23-39(24-28-41)47-45-37-19-15-33(16-20-37)31-7-3-1-4-8-31)35-11-13-36(14-12-35)44(50)52-42-29-25-40(26-30-42)48-46-38-21-17-34(18-22-38)32-9-5-2-6-10-32/h1-30H. The molecule has 0 aliphatic rings. The number of benzene rings is 7. The SMILES string of the molecule is O=C(Oc1ccc(N=Nc2ccc(-c3ccccc3)cc2)cc1)c1ccc(C(=O)Oc2ccc(N=Nc3ccc(-c4ccccc4)cc3)cc2)cc1. The fraction of sp³-hybridized carbons (Fsp3) is 0. The van der Waals surface area contributed by atoms with Crippen LogP contribution in [0.4, 0.5) is 22.7 Å². The van der Waals surface area contributed by atoms with Crippen LogP contribution in [0.25, 0.3) is 22.3 Å². The third-order valence-electron chi connectivity index (χ3n) is 7.96. The highest BCUT2D eigenvalue weighted by atomic mass is 16.5. The van der Waals surface area contributed by atoms with Crippen molar-refractivity contribution in [2.45, 2.75) is 0 Å². The van der Waals surface area contributed by atoms with E-state index in [1.807, 2.05) is 84.9 Å². The Morgan fingerprint density at radius 3 is 0.885 bits per heavy atom. The predicted octanol–water partition coefficient (Wildman–Crippen LogP) is 12.3. The van der Waals surface area contributed by atoms with E-state index in [9.17, 15) is 9.59 Å². The van der Waals surface area contributed by atoms with Crippen LogP contribution in [0.5, 0.6) is 11.5 Å². The highest BCUT2D eigenvalue weighted by molar-refractivity contribution is 5.95. The molecule has 8 nitrogen and oxygen atoms in total. The molecule has 0 fully saturated rings. The number of hydrogen-bond donors (Lipinski definition) is 0. The smallest absolute Gasteiger partial charge is 0.343 e. The van der Waals surface area contributed by atoms with Gasteiger partial charge in [-0.2, -0.15) is 20.5 Å². The first kappa shape index (κ1) is 33.2. The fourth-order valence-electron chi connectivity index (χ4n) is 5.17. The molecule has 7 aromatic rings. The van der Waals surface area contributed by atoms with Crippen LogP contribution in [0.1, 0.15) is 20.7 Å².